The van der Waals surface area contributed by atoms with E-state index in [0.29, 0.717) is 5.92 Å². The molecule has 0 spiro atoms. The Morgan fingerprint density at radius 1 is 1.38 bits per heavy atom. The molecule has 6 nitrogen and oxygen atoms in total. The second-order valence-corrected chi connectivity index (χ2v) is 5.98. The fourth-order valence-corrected chi connectivity index (χ4v) is 2.78. The molecule has 1 aromatic rings. The fraction of sp³-hybridized carbons (Fsp3) is 0.500. The Kier molecular flexibility index (Phi) is 4.67. The van der Waals surface area contributed by atoms with Gasteiger partial charge in [0.05, 0.1) is 21.2 Å². The number of rotatable bonds is 3. The first-order chi connectivity index (χ1) is 9.88. The fourth-order valence-electron chi connectivity index (χ4n) is 2.56. The van der Waals surface area contributed by atoms with Gasteiger partial charge >= 0.3 is 0 Å². The molecule has 1 aliphatic carbocycles. The lowest BCUT2D eigenvalue weighted by atomic mass is 9.87. The van der Waals surface area contributed by atoms with Gasteiger partial charge in [-0.2, -0.15) is 0 Å². The number of hydrogen-bond donors (Lipinski definition) is 2. The molecule has 2 rings (SSSR count). The molecule has 114 valence electrons. The number of carbonyl (C=O) groups excluding carboxylic acids is 1. The van der Waals surface area contributed by atoms with E-state index < -0.39 is 10.8 Å². The maximum atomic E-state index is 12.3. The van der Waals surface area contributed by atoms with Gasteiger partial charge in [-0.15, -0.1) is 0 Å². The van der Waals surface area contributed by atoms with Crippen LogP contribution in [0.15, 0.2) is 12.1 Å². The first-order valence-corrected chi connectivity index (χ1v) is 7.30. The van der Waals surface area contributed by atoms with E-state index in [9.17, 15) is 14.9 Å². The third-order valence-electron chi connectivity index (χ3n) is 3.92. The average molecular weight is 312 g/mol. The highest BCUT2D eigenvalue weighted by Gasteiger charge is 2.23. The van der Waals surface area contributed by atoms with E-state index in [1.165, 1.54) is 6.07 Å². The van der Waals surface area contributed by atoms with Crippen molar-refractivity contribution in [2.75, 3.05) is 5.73 Å². The molecule has 1 fully saturated rings. The van der Waals surface area contributed by atoms with Crippen molar-refractivity contribution in [3.63, 3.8) is 0 Å². The monoisotopic (exact) mass is 311 g/mol. The summed E-state index contributed by atoms with van der Waals surface area (Å²) in [5.74, 6) is 0.271. The number of nitro groups is 1. The third-order valence-corrected chi connectivity index (χ3v) is 4.23. The SMILES string of the molecule is CC1CCC(NC(=O)c2cc([N+](=O)[O-])cc(Cl)c2N)CC1. The minimum atomic E-state index is -0.593. The summed E-state index contributed by atoms with van der Waals surface area (Å²) in [6, 6.07) is 2.41. The lowest BCUT2D eigenvalue weighted by Crippen LogP contribution is -2.37. The van der Waals surface area contributed by atoms with Crippen LogP contribution in [0, 0.1) is 16.0 Å². The summed E-state index contributed by atoms with van der Waals surface area (Å²) < 4.78 is 0. The molecule has 1 aromatic carbocycles. The highest BCUT2D eigenvalue weighted by Crippen LogP contribution is 2.29. The van der Waals surface area contributed by atoms with Gasteiger partial charge in [-0.1, -0.05) is 18.5 Å². The molecule has 1 saturated carbocycles. The number of carbonyl (C=O) groups is 1. The van der Waals surface area contributed by atoms with Crippen LogP contribution in [0.1, 0.15) is 43.0 Å². The van der Waals surface area contributed by atoms with Crippen molar-refractivity contribution in [3.8, 4) is 0 Å². The Labute approximate surface area is 127 Å². The van der Waals surface area contributed by atoms with Crippen LogP contribution in [0.2, 0.25) is 5.02 Å². The number of hydrogen-bond acceptors (Lipinski definition) is 4. The zero-order chi connectivity index (χ0) is 15.6. The van der Waals surface area contributed by atoms with Crippen molar-refractivity contribution in [1.82, 2.24) is 5.32 Å². The number of nitrogens with zero attached hydrogens (tertiary/aromatic N) is 1. The van der Waals surface area contributed by atoms with Gasteiger partial charge in [-0.25, -0.2) is 0 Å². The summed E-state index contributed by atoms with van der Waals surface area (Å²) in [5.41, 5.74) is 5.66. The van der Waals surface area contributed by atoms with Crippen molar-refractivity contribution in [2.24, 2.45) is 5.92 Å². The number of amides is 1. The molecule has 0 unspecified atom stereocenters. The predicted octanol–water partition coefficient (Wildman–Crippen LogP) is 3.14. The molecule has 0 aliphatic heterocycles. The van der Waals surface area contributed by atoms with Crippen LogP contribution in [-0.2, 0) is 0 Å². The largest absolute Gasteiger partial charge is 0.397 e. The Balaban J connectivity index is 2.17. The van der Waals surface area contributed by atoms with Crippen LogP contribution in [0.4, 0.5) is 11.4 Å². The highest BCUT2D eigenvalue weighted by molar-refractivity contribution is 6.34. The number of benzene rings is 1. The van der Waals surface area contributed by atoms with Crippen molar-refractivity contribution in [2.45, 2.75) is 38.6 Å². The Morgan fingerprint density at radius 3 is 2.57 bits per heavy atom. The van der Waals surface area contributed by atoms with Crippen molar-refractivity contribution >= 4 is 28.9 Å². The highest BCUT2D eigenvalue weighted by atomic mass is 35.5. The normalized spacial score (nSPS) is 21.8. The Hall–Kier alpha value is -1.82. The molecule has 1 amide bonds. The van der Waals surface area contributed by atoms with Crippen LogP contribution < -0.4 is 11.1 Å². The molecule has 0 atom stereocenters. The molecule has 21 heavy (non-hydrogen) atoms. The minimum absolute atomic E-state index is 0.0200. The van der Waals surface area contributed by atoms with Crippen molar-refractivity contribution < 1.29 is 9.72 Å². The second kappa shape index (κ2) is 6.30. The number of non-ortho nitro benzene ring substituents is 1. The van der Waals surface area contributed by atoms with E-state index in [4.69, 9.17) is 17.3 Å². The standard InChI is InChI=1S/C14H18ClN3O3/c1-8-2-4-9(5-3-8)17-14(19)11-6-10(18(20)21)7-12(15)13(11)16/h6-9H,2-5,16H2,1H3,(H,17,19). The van der Waals surface area contributed by atoms with Gasteiger partial charge in [-0.05, 0) is 31.6 Å². The maximum absolute atomic E-state index is 12.3. The van der Waals surface area contributed by atoms with Gasteiger partial charge in [0.15, 0.2) is 0 Å². The summed E-state index contributed by atoms with van der Waals surface area (Å²) in [6.45, 7) is 2.19. The number of halogens is 1. The summed E-state index contributed by atoms with van der Waals surface area (Å²) in [4.78, 5) is 22.5. The molecule has 1 aliphatic rings. The van der Waals surface area contributed by atoms with Crippen molar-refractivity contribution in [3.05, 3.63) is 32.8 Å². The molecule has 0 aromatic heterocycles. The summed E-state index contributed by atoms with van der Waals surface area (Å²) in [5, 5.41) is 13.7. The zero-order valence-electron chi connectivity index (χ0n) is 11.8. The smallest absolute Gasteiger partial charge is 0.271 e. The van der Waals surface area contributed by atoms with E-state index in [2.05, 4.69) is 12.2 Å². The van der Waals surface area contributed by atoms with Gasteiger partial charge < -0.3 is 11.1 Å². The molecular formula is C14H18ClN3O3. The van der Waals surface area contributed by atoms with E-state index >= 15 is 0 Å². The lowest BCUT2D eigenvalue weighted by molar-refractivity contribution is -0.384. The van der Waals surface area contributed by atoms with E-state index in [1.807, 2.05) is 0 Å². The van der Waals surface area contributed by atoms with E-state index in [0.717, 1.165) is 31.7 Å². The van der Waals surface area contributed by atoms with Gasteiger partial charge in [0.1, 0.15) is 0 Å². The van der Waals surface area contributed by atoms with E-state index in [-0.39, 0.29) is 28.0 Å². The first-order valence-electron chi connectivity index (χ1n) is 6.92. The number of anilines is 1. The topological polar surface area (TPSA) is 98.3 Å². The first kappa shape index (κ1) is 15.6. The summed E-state index contributed by atoms with van der Waals surface area (Å²) in [6.07, 6.45) is 3.96. The van der Waals surface area contributed by atoms with Crippen LogP contribution in [-0.4, -0.2) is 16.9 Å². The Bertz CT molecular complexity index is 569. The van der Waals surface area contributed by atoms with Gasteiger partial charge in [-0.3, -0.25) is 14.9 Å². The molecule has 0 radical (unpaired) electrons. The lowest BCUT2D eigenvalue weighted by Gasteiger charge is -2.27. The summed E-state index contributed by atoms with van der Waals surface area (Å²) in [7, 11) is 0. The summed E-state index contributed by atoms with van der Waals surface area (Å²) >= 11 is 5.86. The Morgan fingerprint density at radius 2 is 2.00 bits per heavy atom. The number of nitrogen functional groups attached to an aromatic ring is 1. The average Bonchev–Trinajstić information content (AvgIpc) is 2.43. The van der Waals surface area contributed by atoms with Crippen LogP contribution in [0.5, 0.6) is 0 Å². The van der Waals surface area contributed by atoms with E-state index in [1.54, 1.807) is 0 Å². The van der Waals surface area contributed by atoms with Gasteiger partial charge in [0.25, 0.3) is 11.6 Å². The van der Waals surface area contributed by atoms with Crippen LogP contribution >= 0.6 is 11.6 Å². The third kappa shape index (κ3) is 3.64. The zero-order valence-corrected chi connectivity index (χ0v) is 12.5. The molecule has 7 heteroatoms. The minimum Gasteiger partial charge on any atom is -0.397 e. The molecule has 3 N–H and O–H groups in total. The molecular weight excluding hydrogens is 294 g/mol. The predicted molar refractivity (Wildman–Crippen MR) is 81.4 cm³/mol. The van der Waals surface area contributed by atoms with Crippen molar-refractivity contribution in [1.29, 1.82) is 0 Å². The molecule has 0 saturated heterocycles. The molecule has 0 bridgehead atoms. The number of nitrogens with one attached hydrogen (secondary N) is 1. The maximum Gasteiger partial charge on any atom is 0.271 e. The van der Waals surface area contributed by atoms with Gasteiger partial charge in [0.2, 0.25) is 0 Å². The van der Waals surface area contributed by atoms with Gasteiger partial charge in [0, 0.05) is 18.2 Å². The number of nitrogens with two attached hydrogens (primary N) is 1. The second-order valence-electron chi connectivity index (χ2n) is 5.58. The van der Waals surface area contributed by atoms with Crippen LogP contribution in [0.25, 0.3) is 0 Å². The number of nitro benzene ring substituents is 1. The molecule has 0 heterocycles. The van der Waals surface area contributed by atoms with Crippen LogP contribution in [0.3, 0.4) is 0 Å². The quantitative estimate of drug-likeness (QED) is 0.509.